The first-order chi connectivity index (χ1) is 7.56. The molecule has 0 fully saturated rings. The van der Waals surface area contributed by atoms with Crippen molar-refractivity contribution >= 4 is 29.0 Å². The fourth-order valence-corrected chi connectivity index (χ4v) is 1.48. The van der Waals surface area contributed by atoms with Crippen LogP contribution < -0.4 is 10.5 Å². The quantitative estimate of drug-likeness (QED) is 0.869. The molecule has 7 heteroatoms. The smallest absolute Gasteiger partial charge is 0.242 e. The second-order valence-electron chi connectivity index (χ2n) is 3.13. The Hall–Kier alpha value is -1.46. The molecular weight excluding hydrogens is 251 g/mol. The van der Waals surface area contributed by atoms with Gasteiger partial charge in [0.1, 0.15) is 10.8 Å². The predicted molar refractivity (Wildman–Crippen MR) is 62.1 cm³/mol. The maximum absolute atomic E-state index is 5.89. The summed E-state index contributed by atoms with van der Waals surface area (Å²) in [6.45, 7) is 1.85. The van der Waals surface area contributed by atoms with Crippen LogP contribution in [0.2, 0.25) is 10.0 Å². The number of ether oxygens (including phenoxy) is 1. The molecule has 0 bridgehead atoms. The Morgan fingerprint density at radius 3 is 2.69 bits per heavy atom. The Morgan fingerprint density at radius 2 is 2.06 bits per heavy atom. The van der Waals surface area contributed by atoms with Crippen molar-refractivity contribution < 1.29 is 4.74 Å². The zero-order chi connectivity index (χ0) is 11.7. The van der Waals surface area contributed by atoms with Gasteiger partial charge in [0, 0.05) is 11.8 Å². The number of halogens is 2. The van der Waals surface area contributed by atoms with Gasteiger partial charge >= 0.3 is 0 Å². The van der Waals surface area contributed by atoms with Crippen LogP contribution in [0.25, 0.3) is 0 Å². The lowest BCUT2D eigenvalue weighted by molar-refractivity contribution is 0.444. The molecule has 0 unspecified atom stereocenters. The van der Waals surface area contributed by atoms with Gasteiger partial charge in [0.2, 0.25) is 11.8 Å². The third-order valence-electron chi connectivity index (χ3n) is 1.81. The highest BCUT2D eigenvalue weighted by atomic mass is 35.5. The second-order valence-corrected chi connectivity index (χ2v) is 3.95. The number of nitrogens with two attached hydrogens (primary N) is 1. The topological polar surface area (TPSA) is 76.8 Å². The molecule has 0 aliphatic rings. The fourth-order valence-electron chi connectivity index (χ4n) is 1.08. The lowest BCUT2D eigenvalue weighted by atomic mass is 10.4. The van der Waals surface area contributed by atoms with Crippen LogP contribution in [0.5, 0.6) is 11.8 Å². The average molecular weight is 259 g/mol. The number of aromatic nitrogens is 3. The number of nitrogens with one attached hydrogen (secondary N) is 1. The van der Waals surface area contributed by atoms with Crippen LogP contribution in [0.15, 0.2) is 12.1 Å². The second kappa shape index (κ2) is 4.19. The zero-order valence-electron chi connectivity index (χ0n) is 8.29. The molecule has 5 nitrogen and oxygen atoms in total. The average Bonchev–Trinajstić information content (AvgIpc) is 2.60. The molecule has 16 heavy (non-hydrogen) atoms. The molecule has 2 aromatic rings. The molecule has 0 saturated carbocycles. The van der Waals surface area contributed by atoms with E-state index in [0.717, 1.165) is 5.69 Å². The standard InChI is InChI=1S/C9H8Cl2N4O/c1-4-2-7(15-14-4)16-9-6(11)3-5(10)8(12)13-9/h2-3H,1H3,(H2,12,13)(H,14,15). The summed E-state index contributed by atoms with van der Waals surface area (Å²) in [5.41, 5.74) is 6.41. The van der Waals surface area contributed by atoms with Gasteiger partial charge in [-0.3, -0.25) is 5.10 Å². The molecule has 2 heterocycles. The first-order valence-corrected chi connectivity index (χ1v) is 5.13. The van der Waals surface area contributed by atoms with Crippen molar-refractivity contribution in [2.45, 2.75) is 6.92 Å². The Kier molecular flexibility index (Phi) is 2.89. The number of hydrogen-bond acceptors (Lipinski definition) is 4. The van der Waals surface area contributed by atoms with Crippen LogP contribution in [0, 0.1) is 6.92 Å². The minimum atomic E-state index is 0.160. The van der Waals surface area contributed by atoms with Gasteiger partial charge in [0.05, 0.1) is 5.02 Å². The van der Waals surface area contributed by atoms with Crippen LogP contribution in [0.4, 0.5) is 5.82 Å². The zero-order valence-corrected chi connectivity index (χ0v) is 9.80. The van der Waals surface area contributed by atoms with Crippen molar-refractivity contribution in [1.82, 2.24) is 15.2 Å². The molecule has 2 rings (SSSR count). The number of nitrogen functional groups attached to an aromatic ring is 1. The fraction of sp³-hybridized carbons (Fsp3) is 0.111. The molecule has 0 aliphatic carbocycles. The molecule has 0 amide bonds. The summed E-state index contributed by atoms with van der Waals surface area (Å²) in [4.78, 5) is 3.91. The van der Waals surface area contributed by atoms with Gasteiger partial charge in [0.25, 0.3) is 0 Å². The van der Waals surface area contributed by atoms with Crippen LogP contribution in [0.3, 0.4) is 0 Å². The van der Waals surface area contributed by atoms with Gasteiger partial charge < -0.3 is 10.5 Å². The van der Waals surface area contributed by atoms with Crippen molar-refractivity contribution in [3.8, 4) is 11.8 Å². The van der Waals surface area contributed by atoms with Crippen molar-refractivity contribution in [3.63, 3.8) is 0 Å². The van der Waals surface area contributed by atoms with Gasteiger partial charge in [-0.1, -0.05) is 23.2 Å². The van der Waals surface area contributed by atoms with E-state index in [0.29, 0.717) is 5.88 Å². The monoisotopic (exact) mass is 258 g/mol. The van der Waals surface area contributed by atoms with Gasteiger partial charge in [-0.15, -0.1) is 5.10 Å². The van der Waals surface area contributed by atoms with Crippen molar-refractivity contribution in [3.05, 3.63) is 27.9 Å². The van der Waals surface area contributed by atoms with Gasteiger partial charge in [0.15, 0.2) is 0 Å². The Balaban J connectivity index is 2.31. The third kappa shape index (κ3) is 2.20. The maximum atomic E-state index is 5.89. The van der Waals surface area contributed by atoms with E-state index < -0.39 is 0 Å². The SMILES string of the molecule is Cc1cc(Oc2nc(N)c(Cl)cc2Cl)n[nH]1. The molecular formula is C9H8Cl2N4O. The molecule has 3 N–H and O–H groups in total. The lowest BCUT2D eigenvalue weighted by Crippen LogP contribution is -1.95. The van der Waals surface area contributed by atoms with Crippen molar-refractivity contribution in [2.24, 2.45) is 0 Å². The van der Waals surface area contributed by atoms with Crippen LogP contribution in [0.1, 0.15) is 5.69 Å². The van der Waals surface area contributed by atoms with E-state index in [9.17, 15) is 0 Å². The van der Waals surface area contributed by atoms with E-state index in [2.05, 4.69) is 15.2 Å². The number of aromatic amines is 1. The number of aryl methyl sites for hydroxylation is 1. The molecule has 0 saturated heterocycles. The molecule has 0 radical (unpaired) electrons. The van der Waals surface area contributed by atoms with E-state index in [-0.39, 0.29) is 21.7 Å². The summed E-state index contributed by atoms with van der Waals surface area (Å²) in [5.74, 6) is 0.706. The highest BCUT2D eigenvalue weighted by molar-refractivity contribution is 6.36. The molecule has 84 valence electrons. The highest BCUT2D eigenvalue weighted by Gasteiger charge is 2.10. The number of H-pyrrole nitrogens is 1. The van der Waals surface area contributed by atoms with Gasteiger partial charge in [-0.2, -0.15) is 4.98 Å². The lowest BCUT2D eigenvalue weighted by Gasteiger charge is -2.05. The number of pyridine rings is 1. The van der Waals surface area contributed by atoms with E-state index in [1.807, 2.05) is 6.92 Å². The van der Waals surface area contributed by atoms with Gasteiger partial charge in [-0.05, 0) is 13.0 Å². The summed E-state index contributed by atoms with van der Waals surface area (Å²) in [5, 5.41) is 7.18. The number of hydrogen-bond donors (Lipinski definition) is 2. The van der Waals surface area contributed by atoms with Crippen LogP contribution in [-0.2, 0) is 0 Å². The first kappa shape index (κ1) is 11.0. The normalized spacial score (nSPS) is 10.4. The van der Waals surface area contributed by atoms with Crippen LogP contribution in [-0.4, -0.2) is 15.2 Å². The molecule has 0 aliphatic heterocycles. The van der Waals surface area contributed by atoms with E-state index in [1.165, 1.54) is 6.07 Å². The first-order valence-electron chi connectivity index (χ1n) is 4.37. The minimum absolute atomic E-state index is 0.160. The molecule has 2 aromatic heterocycles. The van der Waals surface area contributed by atoms with E-state index in [4.69, 9.17) is 33.7 Å². The predicted octanol–water partition coefficient (Wildman–Crippen LogP) is 2.79. The Labute approximate surface area is 102 Å². The summed E-state index contributed by atoms with van der Waals surface area (Å²) >= 11 is 11.6. The third-order valence-corrected chi connectivity index (χ3v) is 2.38. The summed E-state index contributed by atoms with van der Waals surface area (Å²) in [6.07, 6.45) is 0. The van der Waals surface area contributed by atoms with E-state index >= 15 is 0 Å². The Morgan fingerprint density at radius 1 is 1.31 bits per heavy atom. The number of nitrogens with zero attached hydrogens (tertiary/aromatic N) is 2. The van der Waals surface area contributed by atoms with Crippen LogP contribution >= 0.6 is 23.2 Å². The van der Waals surface area contributed by atoms with E-state index in [1.54, 1.807) is 6.07 Å². The number of rotatable bonds is 2. The highest BCUT2D eigenvalue weighted by Crippen LogP contribution is 2.31. The number of anilines is 1. The van der Waals surface area contributed by atoms with Gasteiger partial charge in [-0.25, -0.2) is 0 Å². The summed E-state index contributed by atoms with van der Waals surface area (Å²) in [6, 6.07) is 3.18. The molecule has 0 atom stereocenters. The summed E-state index contributed by atoms with van der Waals surface area (Å²) in [7, 11) is 0. The minimum Gasteiger partial charge on any atom is -0.417 e. The Bertz CT molecular complexity index is 526. The molecule has 0 aromatic carbocycles. The largest absolute Gasteiger partial charge is 0.417 e. The summed E-state index contributed by atoms with van der Waals surface area (Å²) < 4.78 is 5.34. The van der Waals surface area contributed by atoms with Crippen molar-refractivity contribution in [1.29, 1.82) is 0 Å². The van der Waals surface area contributed by atoms with Crippen molar-refractivity contribution in [2.75, 3.05) is 5.73 Å². The maximum Gasteiger partial charge on any atom is 0.242 e. The molecule has 0 spiro atoms.